The number of likely N-dealkylation sites (N-methyl/N-ethyl adjacent to an activating group) is 1. The third-order valence-corrected chi connectivity index (χ3v) is 2.79. The van der Waals surface area contributed by atoms with Crippen molar-refractivity contribution in [3.8, 4) is 0 Å². The zero-order valence-corrected chi connectivity index (χ0v) is 12.3. The van der Waals surface area contributed by atoms with E-state index in [0.717, 1.165) is 6.42 Å². The first-order chi connectivity index (χ1) is 8.97. The van der Waals surface area contributed by atoms with E-state index >= 15 is 0 Å². The summed E-state index contributed by atoms with van der Waals surface area (Å²) < 4.78 is 0. The van der Waals surface area contributed by atoms with Gasteiger partial charge in [-0.1, -0.05) is 30.1 Å². The minimum absolute atomic E-state index is 0.000728. The molecule has 0 aliphatic carbocycles. The summed E-state index contributed by atoms with van der Waals surface area (Å²) in [5.41, 5.74) is 0.322. The lowest BCUT2D eigenvalue weighted by Gasteiger charge is -2.21. The van der Waals surface area contributed by atoms with Gasteiger partial charge in [-0.25, -0.2) is 4.98 Å². The largest absolute Gasteiger partial charge is 0.358 e. The average Bonchev–Trinajstić information content (AvgIpc) is 2.36. The molecule has 0 aliphatic heterocycles. The van der Waals surface area contributed by atoms with E-state index in [1.807, 2.05) is 6.92 Å². The number of halogens is 2. The molecular formula is C12H15Cl2N3O2. The summed E-state index contributed by atoms with van der Waals surface area (Å²) in [5, 5.41) is 2.78. The molecule has 5 nitrogen and oxygen atoms in total. The molecule has 0 radical (unpaired) electrons. The van der Waals surface area contributed by atoms with Gasteiger partial charge in [0.1, 0.15) is 10.3 Å². The van der Waals surface area contributed by atoms with Crippen molar-refractivity contribution in [2.45, 2.75) is 13.3 Å². The van der Waals surface area contributed by atoms with E-state index in [4.69, 9.17) is 23.2 Å². The number of nitrogens with zero attached hydrogens (tertiary/aromatic N) is 2. The molecule has 0 bridgehead atoms. The highest BCUT2D eigenvalue weighted by Crippen LogP contribution is 2.16. The Hall–Kier alpha value is -1.33. The molecule has 104 valence electrons. The first-order valence-electron chi connectivity index (χ1n) is 5.80. The van der Waals surface area contributed by atoms with E-state index in [2.05, 4.69) is 10.3 Å². The molecule has 1 aromatic rings. The van der Waals surface area contributed by atoms with Crippen molar-refractivity contribution in [2.24, 2.45) is 0 Å². The van der Waals surface area contributed by atoms with Crippen molar-refractivity contribution in [3.63, 3.8) is 0 Å². The fourth-order valence-corrected chi connectivity index (χ4v) is 2.01. The second kappa shape index (κ2) is 7.31. The lowest BCUT2D eigenvalue weighted by molar-refractivity contribution is -0.121. The van der Waals surface area contributed by atoms with Crippen LogP contribution in [0, 0.1) is 0 Å². The number of rotatable bonds is 5. The Bertz CT molecular complexity index is 460. The first-order valence-corrected chi connectivity index (χ1v) is 6.56. The Morgan fingerprint density at radius 2 is 1.89 bits per heavy atom. The number of amides is 2. The normalized spacial score (nSPS) is 10.1. The molecular weight excluding hydrogens is 289 g/mol. The van der Waals surface area contributed by atoms with Crippen LogP contribution in [0.3, 0.4) is 0 Å². The topological polar surface area (TPSA) is 62.3 Å². The summed E-state index contributed by atoms with van der Waals surface area (Å²) in [6.07, 6.45) is 0.745. The van der Waals surface area contributed by atoms with Crippen LogP contribution in [0.15, 0.2) is 12.1 Å². The van der Waals surface area contributed by atoms with Crippen molar-refractivity contribution in [1.29, 1.82) is 0 Å². The highest BCUT2D eigenvalue weighted by atomic mass is 35.5. The van der Waals surface area contributed by atoms with Crippen LogP contribution in [-0.2, 0) is 4.79 Å². The molecule has 0 spiro atoms. The third-order valence-electron chi connectivity index (χ3n) is 2.40. The second-order valence-electron chi connectivity index (χ2n) is 3.90. The van der Waals surface area contributed by atoms with Gasteiger partial charge in [-0.2, -0.15) is 0 Å². The summed E-state index contributed by atoms with van der Waals surface area (Å²) in [6.45, 7) is 2.40. The number of carbonyl (C=O) groups is 2. The number of hydrogen-bond donors (Lipinski definition) is 1. The molecule has 0 saturated carbocycles. The maximum Gasteiger partial charge on any atom is 0.254 e. The molecule has 0 saturated heterocycles. The zero-order chi connectivity index (χ0) is 14.4. The van der Waals surface area contributed by atoms with Crippen molar-refractivity contribution in [2.75, 3.05) is 20.1 Å². The van der Waals surface area contributed by atoms with Crippen LogP contribution in [0.5, 0.6) is 0 Å². The van der Waals surface area contributed by atoms with Gasteiger partial charge in [0.2, 0.25) is 5.91 Å². The van der Waals surface area contributed by atoms with Crippen LogP contribution in [0.2, 0.25) is 10.3 Å². The van der Waals surface area contributed by atoms with Gasteiger partial charge in [-0.05, 0) is 18.6 Å². The summed E-state index contributed by atoms with van der Waals surface area (Å²) in [5.74, 6) is -0.523. The molecule has 0 unspecified atom stereocenters. The van der Waals surface area contributed by atoms with Crippen molar-refractivity contribution in [3.05, 3.63) is 28.0 Å². The van der Waals surface area contributed by atoms with Crippen LogP contribution in [0.25, 0.3) is 0 Å². The average molecular weight is 304 g/mol. The monoisotopic (exact) mass is 303 g/mol. The van der Waals surface area contributed by atoms with Crippen LogP contribution in [-0.4, -0.2) is 41.8 Å². The van der Waals surface area contributed by atoms with E-state index in [9.17, 15) is 9.59 Å². The molecule has 0 fully saturated rings. The molecule has 1 aromatic heterocycles. The van der Waals surface area contributed by atoms with E-state index in [0.29, 0.717) is 12.1 Å². The first kappa shape index (κ1) is 15.7. The Balaban J connectivity index is 2.94. The van der Waals surface area contributed by atoms with E-state index in [1.54, 1.807) is 0 Å². The predicted molar refractivity (Wildman–Crippen MR) is 74.5 cm³/mol. The second-order valence-corrected chi connectivity index (χ2v) is 4.68. The Kier molecular flexibility index (Phi) is 6.05. The third kappa shape index (κ3) is 4.69. The Labute approximate surface area is 121 Å². The summed E-state index contributed by atoms with van der Waals surface area (Å²) in [7, 11) is 1.52. The smallest absolute Gasteiger partial charge is 0.254 e. The van der Waals surface area contributed by atoms with Gasteiger partial charge in [-0.15, -0.1) is 0 Å². The summed E-state index contributed by atoms with van der Waals surface area (Å²) in [6, 6.07) is 2.87. The quantitative estimate of drug-likeness (QED) is 0.846. The number of hydrogen-bond acceptors (Lipinski definition) is 3. The number of carbonyl (C=O) groups excluding carboxylic acids is 2. The molecule has 0 aromatic carbocycles. The fraction of sp³-hybridized carbons (Fsp3) is 0.417. The number of nitrogens with one attached hydrogen (secondary N) is 1. The predicted octanol–water partition coefficient (Wildman–Crippen LogP) is 1.99. The molecule has 7 heteroatoms. The van der Waals surface area contributed by atoms with Crippen LogP contribution in [0.4, 0.5) is 0 Å². The van der Waals surface area contributed by atoms with E-state index in [-0.39, 0.29) is 28.7 Å². The summed E-state index contributed by atoms with van der Waals surface area (Å²) in [4.78, 5) is 28.9. The summed E-state index contributed by atoms with van der Waals surface area (Å²) >= 11 is 11.5. The van der Waals surface area contributed by atoms with E-state index in [1.165, 1.54) is 24.1 Å². The standard InChI is InChI=1S/C12H15Cl2N3O2/c1-3-4-17(7-11(18)15-2)12(19)8-5-9(13)16-10(14)6-8/h5-6H,3-4,7H2,1-2H3,(H,15,18). The Morgan fingerprint density at radius 1 is 1.32 bits per heavy atom. The molecule has 19 heavy (non-hydrogen) atoms. The number of aromatic nitrogens is 1. The fourth-order valence-electron chi connectivity index (χ4n) is 1.55. The highest BCUT2D eigenvalue weighted by Gasteiger charge is 2.18. The Morgan fingerprint density at radius 3 is 2.37 bits per heavy atom. The lowest BCUT2D eigenvalue weighted by Crippen LogP contribution is -2.40. The molecule has 0 aliphatic rings. The minimum atomic E-state index is -0.295. The van der Waals surface area contributed by atoms with Gasteiger partial charge in [-0.3, -0.25) is 9.59 Å². The molecule has 1 rings (SSSR count). The van der Waals surface area contributed by atoms with Gasteiger partial charge < -0.3 is 10.2 Å². The minimum Gasteiger partial charge on any atom is -0.358 e. The maximum absolute atomic E-state index is 12.3. The number of pyridine rings is 1. The lowest BCUT2D eigenvalue weighted by atomic mass is 10.2. The van der Waals surface area contributed by atoms with Crippen LogP contribution in [0.1, 0.15) is 23.7 Å². The van der Waals surface area contributed by atoms with Gasteiger partial charge in [0.15, 0.2) is 0 Å². The molecule has 2 amide bonds. The molecule has 0 atom stereocenters. The van der Waals surface area contributed by atoms with Crippen LogP contribution >= 0.6 is 23.2 Å². The molecule has 1 heterocycles. The maximum atomic E-state index is 12.3. The highest BCUT2D eigenvalue weighted by molar-refractivity contribution is 6.33. The van der Waals surface area contributed by atoms with Crippen molar-refractivity contribution >= 4 is 35.0 Å². The van der Waals surface area contributed by atoms with Gasteiger partial charge >= 0.3 is 0 Å². The van der Waals surface area contributed by atoms with Crippen LogP contribution < -0.4 is 5.32 Å². The zero-order valence-electron chi connectivity index (χ0n) is 10.7. The van der Waals surface area contributed by atoms with Gasteiger partial charge in [0, 0.05) is 19.2 Å². The van der Waals surface area contributed by atoms with Crippen molar-refractivity contribution < 1.29 is 9.59 Å². The van der Waals surface area contributed by atoms with Crippen molar-refractivity contribution in [1.82, 2.24) is 15.2 Å². The van der Waals surface area contributed by atoms with Gasteiger partial charge in [0.05, 0.1) is 6.54 Å². The SMILES string of the molecule is CCCN(CC(=O)NC)C(=O)c1cc(Cl)nc(Cl)c1. The van der Waals surface area contributed by atoms with E-state index < -0.39 is 0 Å². The molecule has 1 N–H and O–H groups in total. The van der Waals surface area contributed by atoms with Gasteiger partial charge in [0.25, 0.3) is 5.91 Å².